The number of hydrogen-bond acceptors (Lipinski definition) is 3. The van der Waals surface area contributed by atoms with E-state index in [4.69, 9.17) is 16.3 Å². The van der Waals surface area contributed by atoms with Gasteiger partial charge in [0.05, 0.1) is 16.3 Å². The Labute approximate surface area is 135 Å². The Hall–Kier alpha value is -1.85. The Morgan fingerprint density at radius 1 is 1.10 bits per heavy atom. The SMILES string of the molecule is O=C(COC(=O)c1ccc(Br)cc1)Nc1ccccc1Cl. The first-order valence-corrected chi connectivity index (χ1v) is 7.20. The Kier molecular flexibility index (Phi) is 5.36. The zero-order valence-corrected chi connectivity index (χ0v) is 13.1. The number of esters is 1. The quantitative estimate of drug-likeness (QED) is 0.833. The first kappa shape index (κ1) is 15.5. The van der Waals surface area contributed by atoms with Crippen molar-refractivity contribution in [2.75, 3.05) is 11.9 Å². The molecule has 1 amide bonds. The van der Waals surface area contributed by atoms with Gasteiger partial charge < -0.3 is 10.1 Å². The van der Waals surface area contributed by atoms with E-state index in [9.17, 15) is 9.59 Å². The van der Waals surface area contributed by atoms with Gasteiger partial charge in [-0.15, -0.1) is 0 Å². The molecule has 0 aliphatic rings. The smallest absolute Gasteiger partial charge is 0.338 e. The number of ether oxygens (including phenoxy) is 1. The molecule has 4 nitrogen and oxygen atoms in total. The molecule has 0 saturated heterocycles. The number of rotatable bonds is 4. The van der Waals surface area contributed by atoms with E-state index >= 15 is 0 Å². The fourth-order valence-electron chi connectivity index (χ4n) is 1.55. The van der Waals surface area contributed by atoms with E-state index in [0.29, 0.717) is 16.3 Å². The van der Waals surface area contributed by atoms with Gasteiger partial charge in [0.15, 0.2) is 6.61 Å². The number of anilines is 1. The number of carbonyl (C=O) groups excluding carboxylic acids is 2. The molecule has 0 unspecified atom stereocenters. The molecule has 0 atom stereocenters. The van der Waals surface area contributed by atoms with Gasteiger partial charge in [-0.3, -0.25) is 4.79 Å². The first-order valence-electron chi connectivity index (χ1n) is 6.03. The van der Waals surface area contributed by atoms with Gasteiger partial charge in [0.1, 0.15) is 0 Å². The average Bonchev–Trinajstić information content (AvgIpc) is 2.48. The zero-order chi connectivity index (χ0) is 15.2. The second-order valence-corrected chi connectivity index (χ2v) is 5.43. The van der Waals surface area contributed by atoms with E-state index in [1.165, 1.54) is 0 Å². The molecular formula is C15H11BrClNO3. The fraction of sp³-hybridized carbons (Fsp3) is 0.0667. The van der Waals surface area contributed by atoms with Crippen LogP contribution >= 0.6 is 27.5 Å². The number of benzene rings is 2. The van der Waals surface area contributed by atoms with Crippen LogP contribution in [0.15, 0.2) is 53.0 Å². The van der Waals surface area contributed by atoms with Crippen LogP contribution in [0.4, 0.5) is 5.69 Å². The van der Waals surface area contributed by atoms with Crippen LogP contribution in [0.25, 0.3) is 0 Å². The molecule has 0 aliphatic carbocycles. The van der Waals surface area contributed by atoms with Crippen LogP contribution < -0.4 is 5.32 Å². The third kappa shape index (κ3) is 4.58. The van der Waals surface area contributed by atoms with Crippen molar-refractivity contribution in [1.29, 1.82) is 0 Å². The maximum atomic E-state index is 11.7. The molecule has 108 valence electrons. The lowest BCUT2D eigenvalue weighted by Crippen LogP contribution is -2.21. The lowest BCUT2D eigenvalue weighted by atomic mass is 10.2. The van der Waals surface area contributed by atoms with Crippen LogP contribution in [-0.4, -0.2) is 18.5 Å². The summed E-state index contributed by atoms with van der Waals surface area (Å²) in [7, 11) is 0. The summed E-state index contributed by atoms with van der Waals surface area (Å²) in [6, 6.07) is 13.5. The number of amides is 1. The van der Waals surface area contributed by atoms with Crippen molar-refractivity contribution in [2.45, 2.75) is 0 Å². The van der Waals surface area contributed by atoms with Gasteiger partial charge in [0.25, 0.3) is 5.91 Å². The molecule has 2 rings (SSSR count). The van der Waals surface area contributed by atoms with E-state index in [2.05, 4.69) is 21.2 Å². The van der Waals surface area contributed by atoms with Gasteiger partial charge in [0, 0.05) is 4.47 Å². The molecule has 0 aromatic heterocycles. The summed E-state index contributed by atoms with van der Waals surface area (Å²) in [5.74, 6) is -1.01. The van der Waals surface area contributed by atoms with Crippen LogP contribution in [-0.2, 0) is 9.53 Å². The zero-order valence-electron chi connectivity index (χ0n) is 10.8. The predicted molar refractivity (Wildman–Crippen MR) is 84.5 cm³/mol. The van der Waals surface area contributed by atoms with Crippen molar-refractivity contribution in [3.8, 4) is 0 Å². The Morgan fingerprint density at radius 2 is 1.76 bits per heavy atom. The minimum Gasteiger partial charge on any atom is -0.452 e. The molecule has 6 heteroatoms. The van der Waals surface area contributed by atoms with Crippen LogP contribution in [0.5, 0.6) is 0 Å². The standard InChI is InChI=1S/C15H11BrClNO3/c16-11-7-5-10(6-8-11)15(20)21-9-14(19)18-13-4-2-1-3-12(13)17/h1-8H,9H2,(H,18,19). The third-order valence-corrected chi connectivity index (χ3v) is 3.42. The van der Waals surface area contributed by atoms with Crippen molar-refractivity contribution in [2.24, 2.45) is 0 Å². The van der Waals surface area contributed by atoms with Gasteiger partial charge in [-0.05, 0) is 36.4 Å². The molecule has 0 radical (unpaired) electrons. The summed E-state index contributed by atoms with van der Waals surface area (Å²) in [6.45, 7) is -0.375. The Bertz CT molecular complexity index is 658. The van der Waals surface area contributed by atoms with Crippen molar-refractivity contribution in [3.05, 3.63) is 63.6 Å². The third-order valence-electron chi connectivity index (χ3n) is 2.56. The molecule has 0 saturated carbocycles. The highest BCUT2D eigenvalue weighted by Crippen LogP contribution is 2.20. The number of carbonyl (C=O) groups is 2. The summed E-state index contributed by atoms with van der Waals surface area (Å²) >= 11 is 9.19. The molecule has 0 bridgehead atoms. The summed E-state index contributed by atoms with van der Waals surface area (Å²) < 4.78 is 5.79. The van der Waals surface area contributed by atoms with E-state index in [0.717, 1.165) is 4.47 Å². The maximum absolute atomic E-state index is 11.7. The monoisotopic (exact) mass is 367 g/mol. The molecule has 1 N–H and O–H groups in total. The van der Waals surface area contributed by atoms with Gasteiger partial charge in [-0.1, -0.05) is 39.7 Å². The molecule has 2 aromatic rings. The summed E-state index contributed by atoms with van der Waals surface area (Å²) in [4.78, 5) is 23.4. The van der Waals surface area contributed by atoms with E-state index in [1.54, 1.807) is 48.5 Å². The largest absolute Gasteiger partial charge is 0.452 e. The van der Waals surface area contributed by atoms with Crippen molar-refractivity contribution < 1.29 is 14.3 Å². The van der Waals surface area contributed by atoms with Crippen molar-refractivity contribution in [1.82, 2.24) is 0 Å². The van der Waals surface area contributed by atoms with Gasteiger partial charge >= 0.3 is 5.97 Å². The molecular weight excluding hydrogens is 358 g/mol. The lowest BCUT2D eigenvalue weighted by Gasteiger charge is -2.07. The molecule has 0 spiro atoms. The van der Waals surface area contributed by atoms with E-state index < -0.39 is 11.9 Å². The van der Waals surface area contributed by atoms with E-state index in [-0.39, 0.29) is 6.61 Å². The highest BCUT2D eigenvalue weighted by Gasteiger charge is 2.11. The average molecular weight is 369 g/mol. The summed E-state index contributed by atoms with van der Waals surface area (Å²) in [5, 5.41) is 2.99. The summed E-state index contributed by atoms with van der Waals surface area (Å²) in [6.07, 6.45) is 0. The second-order valence-electron chi connectivity index (χ2n) is 4.11. The highest BCUT2D eigenvalue weighted by atomic mass is 79.9. The van der Waals surface area contributed by atoms with Crippen molar-refractivity contribution in [3.63, 3.8) is 0 Å². The lowest BCUT2D eigenvalue weighted by molar-refractivity contribution is -0.119. The topological polar surface area (TPSA) is 55.4 Å². The molecule has 0 aliphatic heterocycles. The molecule has 0 fully saturated rings. The fourth-order valence-corrected chi connectivity index (χ4v) is 2.00. The van der Waals surface area contributed by atoms with Gasteiger partial charge in [-0.2, -0.15) is 0 Å². The number of halogens is 2. The minimum atomic E-state index is -0.559. The van der Waals surface area contributed by atoms with Crippen LogP contribution in [0, 0.1) is 0 Å². The van der Waals surface area contributed by atoms with Crippen LogP contribution in [0.2, 0.25) is 5.02 Å². The predicted octanol–water partition coefficient (Wildman–Crippen LogP) is 3.90. The van der Waals surface area contributed by atoms with E-state index in [1.807, 2.05) is 0 Å². The highest BCUT2D eigenvalue weighted by molar-refractivity contribution is 9.10. The van der Waals surface area contributed by atoms with Crippen molar-refractivity contribution >= 4 is 45.1 Å². The number of hydrogen-bond donors (Lipinski definition) is 1. The Morgan fingerprint density at radius 3 is 2.43 bits per heavy atom. The number of para-hydroxylation sites is 1. The van der Waals surface area contributed by atoms with Gasteiger partial charge in [0.2, 0.25) is 0 Å². The molecule has 2 aromatic carbocycles. The second kappa shape index (κ2) is 7.24. The first-order chi connectivity index (χ1) is 10.1. The molecule has 21 heavy (non-hydrogen) atoms. The number of nitrogens with one attached hydrogen (secondary N) is 1. The normalized spacial score (nSPS) is 10.0. The van der Waals surface area contributed by atoms with Gasteiger partial charge in [-0.25, -0.2) is 4.79 Å². The van der Waals surface area contributed by atoms with Crippen LogP contribution in [0.3, 0.4) is 0 Å². The Balaban J connectivity index is 1.88. The van der Waals surface area contributed by atoms with Crippen LogP contribution in [0.1, 0.15) is 10.4 Å². The minimum absolute atomic E-state index is 0.375. The molecule has 0 heterocycles. The maximum Gasteiger partial charge on any atom is 0.338 e. The summed E-state index contributed by atoms with van der Waals surface area (Å²) in [5.41, 5.74) is 0.854.